The second-order valence-corrected chi connectivity index (χ2v) is 6.17. The van der Waals surface area contributed by atoms with Crippen molar-refractivity contribution >= 4 is 37.5 Å². The molecular weight excluding hydrogens is 398 g/mol. The van der Waals surface area contributed by atoms with Crippen LogP contribution in [-0.4, -0.2) is 13.7 Å². The number of anilines is 1. The lowest BCUT2D eigenvalue weighted by Gasteiger charge is -2.14. The second-order valence-electron chi connectivity index (χ2n) is 4.40. The molecule has 0 bridgehead atoms. The molecule has 0 aliphatic heterocycles. The minimum absolute atomic E-state index is 0.603. The molecule has 0 radical (unpaired) electrons. The number of methoxy groups -OCH3 is 1. The molecule has 0 unspecified atom stereocenters. The number of nitrogens with one attached hydrogen (secondary N) is 1. The van der Waals surface area contributed by atoms with E-state index in [9.17, 15) is 0 Å². The van der Waals surface area contributed by atoms with Gasteiger partial charge < -0.3 is 14.8 Å². The van der Waals surface area contributed by atoms with E-state index in [0.29, 0.717) is 13.2 Å². The van der Waals surface area contributed by atoms with E-state index >= 15 is 0 Å². The van der Waals surface area contributed by atoms with Gasteiger partial charge in [0.25, 0.3) is 0 Å². The molecule has 2 aromatic rings. The van der Waals surface area contributed by atoms with E-state index < -0.39 is 0 Å². The molecule has 0 heterocycles. The van der Waals surface area contributed by atoms with E-state index in [4.69, 9.17) is 9.47 Å². The molecular formula is C16H17Br2NO2. The Bertz CT molecular complexity index is 600. The first kappa shape index (κ1) is 16.2. The zero-order valence-corrected chi connectivity index (χ0v) is 15.1. The van der Waals surface area contributed by atoms with Crippen molar-refractivity contribution in [2.45, 2.75) is 13.5 Å². The van der Waals surface area contributed by atoms with Gasteiger partial charge in [-0.05, 0) is 64.8 Å². The van der Waals surface area contributed by atoms with Crippen LogP contribution in [0.15, 0.2) is 45.3 Å². The van der Waals surface area contributed by atoms with Crippen molar-refractivity contribution in [1.82, 2.24) is 0 Å². The minimum atomic E-state index is 0.603. The smallest absolute Gasteiger partial charge is 0.175 e. The van der Waals surface area contributed by atoms with E-state index in [1.165, 1.54) is 0 Å². The molecule has 0 amide bonds. The average Bonchev–Trinajstić information content (AvgIpc) is 2.49. The number of hydrogen-bond donors (Lipinski definition) is 1. The van der Waals surface area contributed by atoms with Crippen LogP contribution >= 0.6 is 31.9 Å². The molecule has 0 fully saturated rings. The minimum Gasteiger partial charge on any atom is -0.493 e. The first-order chi connectivity index (χ1) is 10.1. The largest absolute Gasteiger partial charge is 0.493 e. The van der Waals surface area contributed by atoms with Gasteiger partial charge in [-0.25, -0.2) is 0 Å². The summed E-state index contributed by atoms with van der Waals surface area (Å²) >= 11 is 6.96. The van der Waals surface area contributed by atoms with Gasteiger partial charge in [0.2, 0.25) is 0 Å². The molecule has 0 aliphatic carbocycles. The third-order valence-corrected chi connectivity index (χ3v) is 4.04. The molecule has 0 aliphatic rings. The van der Waals surface area contributed by atoms with Crippen LogP contribution in [0.5, 0.6) is 11.5 Å². The van der Waals surface area contributed by atoms with Crippen LogP contribution in [0, 0.1) is 0 Å². The summed E-state index contributed by atoms with van der Waals surface area (Å²) in [6.45, 7) is 3.27. The van der Waals surface area contributed by atoms with Gasteiger partial charge in [-0.3, -0.25) is 0 Å². The Morgan fingerprint density at radius 3 is 2.43 bits per heavy atom. The van der Waals surface area contributed by atoms with Gasteiger partial charge in [0.15, 0.2) is 11.5 Å². The van der Waals surface area contributed by atoms with Crippen LogP contribution in [-0.2, 0) is 6.54 Å². The van der Waals surface area contributed by atoms with Crippen LogP contribution in [0.3, 0.4) is 0 Å². The summed E-state index contributed by atoms with van der Waals surface area (Å²) in [5, 5.41) is 3.38. The van der Waals surface area contributed by atoms with Gasteiger partial charge in [-0.2, -0.15) is 0 Å². The van der Waals surface area contributed by atoms with E-state index in [1.54, 1.807) is 7.11 Å². The number of hydrogen-bond acceptors (Lipinski definition) is 3. The molecule has 5 heteroatoms. The van der Waals surface area contributed by atoms with Crippen molar-refractivity contribution in [3.05, 3.63) is 50.9 Å². The van der Waals surface area contributed by atoms with Crippen molar-refractivity contribution < 1.29 is 9.47 Å². The monoisotopic (exact) mass is 413 g/mol. The summed E-state index contributed by atoms with van der Waals surface area (Å²) in [6, 6.07) is 12.1. The zero-order valence-electron chi connectivity index (χ0n) is 12.0. The molecule has 1 N–H and O–H groups in total. The lowest BCUT2D eigenvalue weighted by Crippen LogP contribution is -2.02. The Morgan fingerprint density at radius 1 is 1.10 bits per heavy atom. The normalized spacial score (nSPS) is 10.3. The van der Waals surface area contributed by atoms with Gasteiger partial charge in [0, 0.05) is 16.7 Å². The van der Waals surface area contributed by atoms with Crippen molar-refractivity contribution in [2.24, 2.45) is 0 Å². The predicted molar refractivity (Wildman–Crippen MR) is 93.3 cm³/mol. The number of rotatable bonds is 6. The molecule has 0 atom stereocenters. The van der Waals surface area contributed by atoms with Crippen LogP contribution in [0.4, 0.5) is 5.69 Å². The summed E-state index contributed by atoms with van der Waals surface area (Å²) < 4.78 is 13.0. The summed E-state index contributed by atoms with van der Waals surface area (Å²) in [5.74, 6) is 1.48. The summed E-state index contributed by atoms with van der Waals surface area (Å²) in [4.78, 5) is 0. The highest BCUT2D eigenvalue weighted by molar-refractivity contribution is 9.10. The Hall–Kier alpha value is -1.20. The highest BCUT2D eigenvalue weighted by Gasteiger charge is 2.11. The summed E-state index contributed by atoms with van der Waals surface area (Å²) in [6.07, 6.45) is 0. The predicted octanol–water partition coefficient (Wildman–Crippen LogP) is 5.23. The molecule has 0 spiro atoms. The topological polar surface area (TPSA) is 30.5 Å². The number of halogens is 2. The van der Waals surface area contributed by atoms with Crippen LogP contribution in [0.2, 0.25) is 0 Å². The third kappa shape index (κ3) is 4.38. The van der Waals surface area contributed by atoms with Crippen LogP contribution in [0.25, 0.3) is 0 Å². The fourth-order valence-corrected chi connectivity index (χ4v) is 2.80. The van der Waals surface area contributed by atoms with Gasteiger partial charge >= 0.3 is 0 Å². The highest BCUT2D eigenvalue weighted by atomic mass is 79.9. The summed E-state index contributed by atoms with van der Waals surface area (Å²) in [5.41, 5.74) is 2.19. The summed E-state index contributed by atoms with van der Waals surface area (Å²) in [7, 11) is 1.65. The molecule has 0 aromatic heterocycles. The fourth-order valence-electron chi connectivity index (χ4n) is 1.93. The lowest BCUT2D eigenvalue weighted by atomic mass is 10.2. The molecule has 112 valence electrons. The Labute approximate surface area is 141 Å². The second kappa shape index (κ2) is 7.71. The van der Waals surface area contributed by atoms with E-state index in [2.05, 4.69) is 37.2 Å². The van der Waals surface area contributed by atoms with Gasteiger partial charge in [0.05, 0.1) is 18.2 Å². The van der Waals surface area contributed by atoms with Crippen LogP contribution in [0.1, 0.15) is 12.5 Å². The Morgan fingerprint density at radius 2 is 1.81 bits per heavy atom. The molecule has 2 rings (SSSR count). The SMILES string of the molecule is CCOc1c(Br)cc(CNc2ccc(Br)cc2)cc1OC. The standard InChI is InChI=1S/C16H17Br2NO2/c1-3-21-16-14(18)8-11(9-15(16)20-2)10-19-13-6-4-12(17)5-7-13/h4-9,19H,3,10H2,1-2H3. The fraction of sp³-hybridized carbons (Fsp3) is 0.250. The van der Waals surface area contributed by atoms with E-state index in [0.717, 1.165) is 31.7 Å². The Kier molecular flexibility index (Phi) is 5.94. The molecule has 3 nitrogen and oxygen atoms in total. The van der Waals surface area contributed by atoms with Gasteiger partial charge in [-0.1, -0.05) is 15.9 Å². The first-order valence-electron chi connectivity index (χ1n) is 6.62. The Balaban J connectivity index is 2.13. The average molecular weight is 415 g/mol. The first-order valence-corrected chi connectivity index (χ1v) is 8.21. The van der Waals surface area contributed by atoms with Crippen LogP contribution < -0.4 is 14.8 Å². The van der Waals surface area contributed by atoms with Crippen molar-refractivity contribution in [1.29, 1.82) is 0 Å². The quantitative estimate of drug-likeness (QED) is 0.701. The van der Waals surface area contributed by atoms with E-state index in [-0.39, 0.29) is 0 Å². The van der Waals surface area contributed by atoms with Crippen molar-refractivity contribution in [3.8, 4) is 11.5 Å². The molecule has 21 heavy (non-hydrogen) atoms. The van der Waals surface area contributed by atoms with Gasteiger partial charge in [0.1, 0.15) is 0 Å². The van der Waals surface area contributed by atoms with Crippen molar-refractivity contribution in [3.63, 3.8) is 0 Å². The maximum atomic E-state index is 5.59. The zero-order chi connectivity index (χ0) is 15.2. The van der Waals surface area contributed by atoms with E-state index in [1.807, 2.05) is 43.3 Å². The highest BCUT2D eigenvalue weighted by Crippen LogP contribution is 2.36. The molecule has 2 aromatic carbocycles. The van der Waals surface area contributed by atoms with Crippen molar-refractivity contribution in [2.75, 3.05) is 19.0 Å². The van der Waals surface area contributed by atoms with Gasteiger partial charge in [-0.15, -0.1) is 0 Å². The maximum absolute atomic E-state index is 5.59. The lowest BCUT2D eigenvalue weighted by molar-refractivity contribution is 0.308. The maximum Gasteiger partial charge on any atom is 0.175 e. The molecule has 0 saturated carbocycles. The number of benzene rings is 2. The molecule has 0 saturated heterocycles. The third-order valence-electron chi connectivity index (χ3n) is 2.92. The number of ether oxygens (including phenoxy) is 2.